The molecule has 0 saturated heterocycles. The van der Waals surface area contributed by atoms with Crippen LogP contribution in [0.2, 0.25) is 0 Å². The summed E-state index contributed by atoms with van der Waals surface area (Å²) >= 11 is 0. The lowest BCUT2D eigenvalue weighted by molar-refractivity contribution is 0.0598. The van der Waals surface area contributed by atoms with E-state index in [0.29, 0.717) is 25.6 Å². The van der Waals surface area contributed by atoms with Gasteiger partial charge >= 0.3 is 0 Å². The molecule has 0 saturated carbocycles. The predicted molar refractivity (Wildman–Crippen MR) is 107 cm³/mol. The van der Waals surface area contributed by atoms with Crippen molar-refractivity contribution in [2.24, 2.45) is 0 Å². The first-order chi connectivity index (χ1) is 13.1. The van der Waals surface area contributed by atoms with E-state index in [4.69, 9.17) is 20.3 Å². The van der Waals surface area contributed by atoms with Crippen molar-refractivity contribution in [1.82, 2.24) is 20.0 Å². The zero-order valence-corrected chi connectivity index (χ0v) is 16.5. The van der Waals surface area contributed by atoms with E-state index in [9.17, 15) is 0 Å². The number of imidazole rings is 1. The molecule has 0 spiro atoms. The van der Waals surface area contributed by atoms with Gasteiger partial charge in [-0.05, 0) is 57.9 Å². The van der Waals surface area contributed by atoms with Gasteiger partial charge in [0.25, 0.3) is 0 Å². The standard InChI is InChI=1S/C20H31N5O2/c1-4-26-13-17-23-18-19(15-9-5-6-10-16(15)22-20(18)21)25(17)11-7-8-12-27-24-14(2)3/h24H,2,4-13H2,1,3H3,(H2,21,22). The summed E-state index contributed by atoms with van der Waals surface area (Å²) in [7, 11) is 0. The highest BCUT2D eigenvalue weighted by molar-refractivity contribution is 5.89. The van der Waals surface area contributed by atoms with Crippen molar-refractivity contribution in [2.75, 3.05) is 18.9 Å². The Morgan fingerprint density at radius 3 is 2.85 bits per heavy atom. The number of nitrogen functional groups attached to an aromatic ring is 1. The normalized spacial score (nSPS) is 13.7. The van der Waals surface area contributed by atoms with Crippen LogP contribution in [0.1, 0.15) is 56.6 Å². The zero-order chi connectivity index (χ0) is 19.2. The quantitative estimate of drug-likeness (QED) is 0.491. The molecule has 0 fully saturated rings. The van der Waals surface area contributed by atoms with Crippen LogP contribution in [0.4, 0.5) is 5.82 Å². The lowest BCUT2D eigenvalue weighted by Crippen LogP contribution is -2.14. The second kappa shape index (κ2) is 9.19. The summed E-state index contributed by atoms with van der Waals surface area (Å²) in [4.78, 5) is 14.8. The fraction of sp³-hybridized carbons (Fsp3) is 0.600. The second-order valence-corrected chi connectivity index (χ2v) is 7.08. The van der Waals surface area contributed by atoms with Crippen molar-refractivity contribution >= 4 is 16.9 Å². The number of unbranched alkanes of at least 4 members (excludes halogenated alkanes) is 1. The number of aromatic nitrogens is 3. The van der Waals surface area contributed by atoms with Crippen LogP contribution in [-0.4, -0.2) is 27.7 Å². The number of nitrogens with zero attached hydrogens (tertiary/aromatic N) is 3. The third-order valence-electron chi connectivity index (χ3n) is 4.83. The Balaban J connectivity index is 1.83. The van der Waals surface area contributed by atoms with Gasteiger partial charge < -0.3 is 15.0 Å². The summed E-state index contributed by atoms with van der Waals surface area (Å²) < 4.78 is 7.95. The number of rotatable bonds is 10. The molecule has 1 aliphatic carbocycles. The van der Waals surface area contributed by atoms with Gasteiger partial charge in [-0.15, -0.1) is 0 Å². The average Bonchev–Trinajstić information content (AvgIpc) is 3.02. The van der Waals surface area contributed by atoms with Gasteiger partial charge in [0.05, 0.1) is 12.1 Å². The van der Waals surface area contributed by atoms with Crippen molar-refractivity contribution in [3.63, 3.8) is 0 Å². The van der Waals surface area contributed by atoms with Crippen molar-refractivity contribution in [2.45, 2.75) is 65.5 Å². The third-order valence-corrected chi connectivity index (χ3v) is 4.83. The minimum Gasteiger partial charge on any atom is -0.382 e. The Hall–Kier alpha value is -2.12. The summed E-state index contributed by atoms with van der Waals surface area (Å²) in [5, 5.41) is 0. The van der Waals surface area contributed by atoms with Crippen molar-refractivity contribution in [3.8, 4) is 0 Å². The van der Waals surface area contributed by atoms with Gasteiger partial charge in [0.2, 0.25) is 0 Å². The summed E-state index contributed by atoms with van der Waals surface area (Å²) in [5.41, 5.74) is 14.3. The van der Waals surface area contributed by atoms with Crippen molar-refractivity contribution in [3.05, 3.63) is 29.4 Å². The van der Waals surface area contributed by atoms with Crippen LogP contribution in [-0.2, 0) is 35.6 Å². The highest BCUT2D eigenvalue weighted by Crippen LogP contribution is 2.31. The van der Waals surface area contributed by atoms with E-state index in [-0.39, 0.29) is 0 Å². The number of pyridine rings is 1. The molecule has 0 amide bonds. The first-order valence-electron chi connectivity index (χ1n) is 9.89. The summed E-state index contributed by atoms with van der Waals surface area (Å²) in [6.45, 7) is 10.3. The molecule has 3 rings (SSSR count). The number of hydroxylamine groups is 1. The van der Waals surface area contributed by atoms with Gasteiger partial charge in [-0.2, -0.15) is 0 Å². The van der Waals surface area contributed by atoms with E-state index in [0.717, 1.165) is 60.5 Å². The Kier molecular flexibility index (Phi) is 6.68. The van der Waals surface area contributed by atoms with E-state index < -0.39 is 0 Å². The van der Waals surface area contributed by atoms with E-state index in [1.807, 2.05) is 13.8 Å². The molecule has 3 N–H and O–H groups in total. The Morgan fingerprint density at radius 2 is 2.07 bits per heavy atom. The van der Waals surface area contributed by atoms with Gasteiger partial charge in [-0.3, -0.25) is 10.3 Å². The molecule has 0 atom stereocenters. The molecule has 2 aromatic rings. The predicted octanol–water partition coefficient (Wildman–Crippen LogP) is 3.26. The monoisotopic (exact) mass is 373 g/mol. The molecule has 0 unspecified atom stereocenters. The van der Waals surface area contributed by atoms with Crippen LogP contribution < -0.4 is 11.2 Å². The van der Waals surface area contributed by atoms with Crippen LogP contribution in [0.15, 0.2) is 12.3 Å². The van der Waals surface area contributed by atoms with Crippen LogP contribution in [0.25, 0.3) is 11.0 Å². The molecule has 7 heteroatoms. The number of fused-ring (bicyclic) bond motifs is 3. The molecular formula is C20H31N5O2. The van der Waals surface area contributed by atoms with Crippen molar-refractivity contribution in [1.29, 1.82) is 0 Å². The van der Waals surface area contributed by atoms with E-state index in [2.05, 4.69) is 21.6 Å². The lowest BCUT2D eigenvalue weighted by Gasteiger charge is -2.18. The molecule has 7 nitrogen and oxygen atoms in total. The van der Waals surface area contributed by atoms with E-state index in [1.165, 1.54) is 18.4 Å². The molecule has 0 aliphatic heterocycles. The molecule has 148 valence electrons. The maximum Gasteiger partial charge on any atom is 0.151 e. The number of anilines is 1. The number of ether oxygens (including phenoxy) is 1. The van der Waals surface area contributed by atoms with Crippen LogP contribution in [0, 0.1) is 0 Å². The minimum atomic E-state index is 0.493. The molecule has 1 aliphatic rings. The highest BCUT2D eigenvalue weighted by Gasteiger charge is 2.22. The Morgan fingerprint density at radius 1 is 1.26 bits per heavy atom. The molecule has 0 bridgehead atoms. The van der Waals surface area contributed by atoms with Gasteiger partial charge in [-0.1, -0.05) is 6.58 Å². The number of aryl methyl sites for hydroxylation is 3. The van der Waals surface area contributed by atoms with Crippen LogP contribution in [0.5, 0.6) is 0 Å². The van der Waals surface area contributed by atoms with Gasteiger partial charge in [0.15, 0.2) is 5.82 Å². The van der Waals surface area contributed by atoms with E-state index >= 15 is 0 Å². The van der Waals surface area contributed by atoms with Crippen molar-refractivity contribution < 1.29 is 9.57 Å². The molecule has 2 heterocycles. The summed E-state index contributed by atoms with van der Waals surface area (Å²) in [6.07, 6.45) is 6.35. The number of nitrogens with one attached hydrogen (secondary N) is 1. The molecule has 0 aromatic carbocycles. The maximum atomic E-state index is 6.25. The largest absolute Gasteiger partial charge is 0.382 e. The van der Waals surface area contributed by atoms with E-state index in [1.54, 1.807) is 0 Å². The first-order valence-corrected chi connectivity index (χ1v) is 9.89. The van der Waals surface area contributed by atoms with Gasteiger partial charge in [0, 0.05) is 24.5 Å². The Bertz CT molecular complexity index is 800. The smallest absolute Gasteiger partial charge is 0.151 e. The van der Waals surface area contributed by atoms with Gasteiger partial charge in [0.1, 0.15) is 17.9 Å². The number of nitrogens with two attached hydrogens (primary N) is 1. The number of hydrogen-bond acceptors (Lipinski definition) is 6. The topological polar surface area (TPSA) is 87.2 Å². The average molecular weight is 374 g/mol. The fourth-order valence-electron chi connectivity index (χ4n) is 3.61. The minimum absolute atomic E-state index is 0.493. The second-order valence-electron chi connectivity index (χ2n) is 7.08. The summed E-state index contributed by atoms with van der Waals surface area (Å²) in [5.74, 6) is 1.47. The molecule has 2 aromatic heterocycles. The highest BCUT2D eigenvalue weighted by atomic mass is 16.6. The SMILES string of the molecule is C=C(C)NOCCCCn1c(COCC)nc2c(N)nc3c(c21)CCCC3. The lowest BCUT2D eigenvalue weighted by atomic mass is 9.95. The molecule has 0 radical (unpaired) electrons. The fourth-order valence-corrected chi connectivity index (χ4v) is 3.61. The summed E-state index contributed by atoms with van der Waals surface area (Å²) in [6, 6.07) is 0. The molecule has 27 heavy (non-hydrogen) atoms. The Labute approximate surface area is 160 Å². The first kappa shape index (κ1) is 19.6. The van der Waals surface area contributed by atoms with Crippen LogP contribution >= 0.6 is 0 Å². The van der Waals surface area contributed by atoms with Gasteiger partial charge in [-0.25, -0.2) is 9.97 Å². The molecular weight excluding hydrogens is 342 g/mol. The zero-order valence-electron chi connectivity index (χ0n) is 16.5. The number of allylic oxidation sites excluding steroid dienone is 1. The third kappa shape index (κ3) is 4.59. The number of hydrogen-bond donors (Lipinski definition) is 2. The maximum absolute atomic E-state index is 6.25. The van der Waals surface area contributed by atoms with Crippen LogP contribution in [0.3, 0.4) is 0 Å².